The average molecular weight is 150 g/mol. The molecule has 1 unspecified atom stereocenters. The number of hydrogen-bond acceptors (Lipinski definition) is 0. The summed E-state index contributed by atoms with van der Waals surface area (Å²) in [4.78, 5) is 0. The Bertz CT molecular complexity index is 172. The van der Waals surface area contributed by atoms with Crippen molar-refractivity contribution in [1.29, 1.82) is 0 Å². The van der Waals surface area contributed by atoms with E-state index in [4.69, 9.17) is 0 Å². The van der Waals surface area contributed by atoms with E-state index in [1.165, 1.54) is 5.57 Å². The summed E-state index contributed by atoms with van der Waals surface area (Å²) in [5.74, 6) is 0.601. The van der Waals surface area contributed by atoms with Gasteiger partial charge in [0.1, 0.15) is 0 Å². The molecule has 62 valence electrons. The van der Waals surface area contributed by atoms with E-state index in [-0.39, 0.29) is 0 Å². The lowest BCUT2D eigenvalue weighted by atomic mass is 9.97. The molecule has 11 heavy (non-hydrogen) atoms. The van der Waals surface area contributed by atoms with E-state index < -0.39 is 0 Å². The molecule has 0 saturated heterocycles. The Balaban J connectivity index is 4.38. The van der Waals surface area contributed by atoms with E-state index in [0.717, 1.165) is 12.0 Å². The van der Waals surface area contributed by atoms with Gasteiger partial charge in [-0.05, 0) is 24.8 Å². The van der Waals surface area contributed by atoms with Crippen molar-refractivity contribution in [2.75, 3.05) is 0 Å². The molecule has 0 amide bonds. The van der Waals surface area contributed by atoms with Gasteiger partial charge < -0.3 is 0 Å². The SMILES string of the molecule is C=C/C(=C\C(=C)C)C(C)CC. The van der Waals surface area contributed by atoms with Crippen LogP contribution in [0.15, 0.2) is 36.5 Å². The van der Waals surface area contributed by atoms with Gasteiger partial charge in [0.25, 0.3) is 0 Å². The van der Waals surface area contributed by atoms with E-state index in [0.29, 0.717) is 5.92 Å². The molecular weight excluding hydrogens is 132 g/mol. The summed E-state index contributed by atoms with van der Waals surface area (Å²) >= 11 is 0. The van der Waals surface area contributed by atoms with Crippen LogP contribution in [0.5, 0.6) is 0 Å². The lowest BCUT2D eigenvalue weighted by molar-refractivity contribution is 0.670. The van der Waals surface area contributed by atoms with Crippen molar-refractivity contribution in [1.82, 2.24) is 0 Å². The quantitative estimate of drug-likeness (QED) is 0.536. The van der Waals surface area contributed by atoms with E-state index >= 15 is 0 Å². The minimum absolute atomic E-state index is 0.601. The van der Waals surface area contributed by atoms with E-state index in [1.807, 2.05) is 13.0 Å². The third-order valence-electron chi connectivity index (χ3n) is 1.83. The Morgan fingerprint density at radius 3 is 2.36 bits per heavy atom. The first-order valence-electron chi connectivity index (χ1n) is 4.11. The molecule has 0 nitrogen and oxygen atoms in total. The van der Waals surface area contributed by atoms with E-state index in [9.17, 15) is 0 Å². The first-order chi connectivity index (χ1) is 5.11. The van der Waals surface area contributed by atoms with E-state index in [1.54, 1.807) is 0 Å². The zero-order valence-corrected chi connectivity index (χ0v) is 7.85. The first kappa shape index (κ1) is 10.2. The van der Waals surface area contributed by atoms with Crippen molar-refractivity contribution < 1.29 is 0 Å². The molecule has 0 heteroatoms. The van der Waals surface area contributed by atoms with Crippen molar-refractivity contribution in [3.63, 3.8) is 0 Å². The van der Waals surface area contributed by atoms with Gasteiger partial charge in [0.05, 0.1) is 0 Å². The van der Waals surface area contributed by atoms with Crippen LogP contribution in [0.4, 0.5) is 0 Å². The van der Waals surface area contributed by atoms with Crippen LogP contribution in [0.3, 0.4) is 0 Å². The van der Waals surface area contributed by atoms with Crippen LogP contribution >= 0.6 is 0 Å². The van der Waals surface area contributed by atoms with Gasteiger partial charge in [0.2, 0.25) is 0 Å². The van der Waals surface area contributed by atoms with Crippen LogP contribution < -0.4 is 0 Å². The molecule has 0 saturated carbocycles. The van der Waals surface area contributed by atoms with Crippen molar-refractivity contribution in [3.05, 3.63) is 36.5 Å². The zero-order chi connectivity index (χ0) is 8.85. The highest BCUT2D eigenvalue weighted by molar-refractivity contribution is 5.27. The van der Waals surface area contributed by atoms with Crippen molar-refractivity contribution >= 4 is 0 Å². The second-order valence-electron chi connectivity index (χ2n) is 3.00. The van der Waals surface area contributed by atoms with E-state index in [2.05, 4.69) is 33.1 Å². The van der Waals surface area contributed by atoms with Crippen molar-refractivity contribution in [3.8, 4) is 0 Å². The average Bonchev–Trinajstić information content (AvgIpc) is 1.98. The van der Waals surface area contributed by atoms with Gasteiger partial charge in [0, 0.05) is 0 Å². The maximum atomic E-state index is 3.84. The Hall–Kier alpha value is -0.780. The normalized spacial score (nSPS) is 14.3. The maximum Gasteiger partial charge on any atom is -0.0193 e. The molecule has 1 atom stereocenters. The molecule has 0 radical (unpaired) electrons. The Kier molecular flexibility index (Phi) is 4.60. The predicted molar refractivity (Wildman–Crippen MR) is 52.5 cm³/mol. The highest BCUT2D eigenvalue weighted by Crippen LogP contribution is 2.16. The highest BCUT2D eigenvalue weighted by Gasteiger charge is 2.01. The van der Waals surface area contributed by atoms with Crippen LogP contribution in [0.2, 0.25) is 0 Å². The van der Waals surface area contributed by atoms with Gasteiger partial charge >= 0.3 is 0 Å². The number of hydrogen-bond donors (Lipinski definition) is 0. The Morgan fingerprint density at radius 2 is 2.09 bits per heavy atom. The van der Waals surface area contributed by atoms with Crippen molar-refractivity contribution in [2.24, 2.45) is 5.92 Å². The summed E-state index contributed by atoms with van der Waals surface area (Å²) in [6, 6.07) is 0. The first-order valence-corrected chi connectivity index (χ1v) is 4.11. The van der Waals surface area contributed by atoms with Gasteiger partial charge in [-0.1, -0.05) is 44.7 Å². The fraction of sp³-hybridized carbons (Fsp3) is 0.455. The summed E-state index contributed by atoms with van der Waals surface area (Å²) in [7, 11) is 0. The van der Waals surface area contributed by atoms with Crippen molar-refractivity contribution in [2.45, 2.75) is 27.2 Å². The van der Waals surface area contributed by atoms with Crippen LogP contribution in [0.25, 0.3) is 0 Å². The molecule has 0 aliphatic rings. The molecule has 0 aromatic heterocycles. The third-order valence-corrected chi connectivity index (χ3v) is 1.83. The second kappa shape index (κ2) is 4.95. The highest BCUT2D eigenvalue weighted by atomic mass is 14.1. The smallest absolute Gasteiger partial charge is 0.0193 e. The zero-order valence-electron chi connectivity index (χ0n) is 7.85. The summed E-state index contributed by atoms with van der Waals surface area (Å²) in [6.07, 6.45) is 5.18. The van der Waals surface area contributed by atoms with Gasteiger partial charge in [-0.3, -0.25) is 0 Å². The van der Waals surface area contributed by atoms with Gasteiger partial charge in [-0.2, -0.15) is 0 Å². The Labute approximate surface area is 70.3 Å². The second-order valence-corrected chi connectivity index (χ2v) is 3.00. The fourth-order valence-electron chi connectivity index (χ4n) is 0.923. The lowest BCUT2D eigenvalue weighted by Crippen LogP contribution is -1.94. The molecule has 0 fully saturated rings. The van der Waals surface area contributed by atoms with Crippen LogP contribution in [0.1, 0.15) is 27.2 Å². The van der Waals surface area contributed by atoms with Gasteiger partial charge in [-0.15, -0.1) is 0 Å². The summed E-state index contributed by atoms with van der Waals surface area (Å²) in [5.41, 5.74) is 2.39. The topological polar surface area (TPSA) is 0 Å². The maximum absolute atomic E-state index is 3.84. The molecule has 0 N–H and O–H groups in total. The summed E-state index contributed by atoms with van der Waals surface area (Å²) in [5, 5.41) is 0. The lowest BCUT2D eigenvalue weighted by Gasteiger charge is -2.09. The number of rotatable bonds is 4. The molecule has 0 aliphatic heterocycles. The van der Waals surface area contributed by atoms with Gasteiger partial charge in [-0.25, -0.2) is 0 Å². The monoisotopic (exact) mass is 150 g/mol. The number of allylic oxidation sites excluding steroid dienone is 4. The standard InChI is InChI=1S/C11H18/c1-6-10(5)11(7-2)8-9(3)4/h7-8,10H,2-3,6H2,1,4-5H3/b11-8+. The molecule has 0 spiro atoms. The molecule has 0 aliphatic carbocycles. The summed E-state index contributed by atoms with van der Waals surface area (Å²) in [6.45, 7) is 14.0. The predicted octanol–water partition coefficient (Wildman–Crippen LogP) is 3.72. The molecule has 0 aromatic rings. The third kappa shape index (κ3) is 3.82. The molecule has 0 rings (SSSR count). The Morgan fingerprint density at radius 1 is 1.55 bits per heavy atom. The molecule has 0 aromatic carbocycles. The van der Waals surface area contributed by atoms with Crippen LogP contribution in [-0.4, -0.2) is 0 Å². The largest absolute Gasteiger partial charge is 0.0988 e. The van der Waals surface area contributed by atoms with Gasteiger partial charge in [0.15, 0.2) is 0 Å². The molecule has 0 heterocycles. The fourth-order valence-corrected chi connectivity index (χ4v) is 0.923. The minimum Gasteiger partial charge on any atom is -0.0988 e. The van der Waals surface area contributed by atoms with Crippen LogP contribution in [-0.2, 0) is 0 Å². The van der Waals surface area contributed by atoms with Crippen LogP contribution in [0, 0.1) is 5.92 Å². The minimum atomic E-state index is 0.601. The summed E-state index contributed by atoms with van der Waals surface area (Å²) < 4.78 is 0. The molecule has 0 bridgehead atoms. The molecular formula is C11H18.